The number of rotatable bonds is 3. The van der Waals surface area contributed by atoms with Gasteiger partial charge in [-0.3, -0.25) is 0 Å². The van der Waals surface area contributed by atoms with Gasteiger partial charge in [-0.2, -0.15) is 0 Å². The van der Waals surface area contributed by atoms with E-state index in [4.69, 9.17) is 0 Å². The van der Waals surface area contributed by atoms with Crippen LogP contribution < -0.4 is 0 Å². The Labute approximate surface area is 266 Å². The van der Waals surface area contributed by atoms with E-state index in [-0.39, 0.29) is 22.3 Å². The van der Waals surface area contributed by atoms with Gasteiger partial charge in [0.25, 0.3) is 0 Å². The average molecular weight is 574 g/mol. The fraction of sp³-hybridized carbons (Fsp3) is 0.500. The van der Waals surface area contributed by atoms with Gasteiger partial charge < -0.3 is 22.3 Å². The summed E-state index contributed by atoms with van der Waals surface area (Å²) in [4.78, 5) is 0. The molecule has 0 radical (unpaired) electrons. The monoisotopic (exact) mass is 574 g/mol. The summed E-state index contributed by atoms with van der Waals surface area (Å²) < 4.78 is 0. The Morgan fingerprint density at radius 3 is 1.40 bits per heavy atom. The van der Waals surface area contributed by atoms with Crippen molar-refractivity contribution in [2.45, 2.75) is 141 Å². The van der Waals surface area contributed by atoms with E-state index < -0.39 is 0 Å². The molecule has 0 saturated carbocycles. The van der Waals surface area contributed by atoms with E-state index >= 15 is 0 Å². The predicted molar refractivity (Wildman–Crippen MR) is 198 cm³/mol. The largest absolute Gasteiger partial charge is 0.358 e. The minimum absolute atomic E-state index is 0. The zero-order valence-corrected chi connectivity index (χ0v) is 31.0. The van der Waals surface area contributed by atoms with E-state index in [0.29, 0.717) is 0 Å². The molecule has 0 unspecified atom stereocenters. The van der Waals surface area contributed by atoms with E-state index in [0.717, 1.165) is 0 Å². The molecule has 3 rings (SSSR count). The van der Waals surface area contributed by atoms with Crippen LogP contribution in [0.25, 0.3) is 0 Å². The Morgan fingerprint density at radius 2 is 1.00 bits per heavy atom. The summed E-state index contributed by atoms with van der Waals surface area (Å²) in [6.45, 7) is 38.5. The second kappa shape index (κ2) is 20.5. The molecule has 3 aliphatic carbocycles. The van der Waals surface area contributed by atoms with Gasteiger partial charge in [-0.15, -0.1) is 0 Å². The number of allylic oxidation sites excluding steroid dienone is 15. The van der Waals surface area contributed by atoms with Gasteiger partial charge in [0.15, 0.2) is 0 Å². The van der Waals surface area contributed by atoms with Crippen LogP contribution in [0.15, 0.2) is 103 Å². The predicted octanol–water partition coefficient (Wildman–Crippen LogP) is 14.5. The zero-order chi connectivity index (χ0) is 30.0. The molecule has 0 atom stereocenters. The maximum Gasteiger partial charge on any atom is -0.0270 e. The molecular weight excluding hydrogens is 504 g/mol. The van der Waals surface area contributed by atoms with E-state index in [1.54, 1.807) is 11.1 Å². The molecule has 0 N–H and O–H groups in total. The molecule has 0 amide bonds. The van der Waals surface area contributed by atoms with Gasteiger partial charge in [0.1, 0.15) is 0 Å². The topological polar surface area (TPSA) is 0 Å². The average Bonchev–Trinajstić information content (AvgIpc) is 2.87. The lowest BCUT2D eigenvalue weighted by atomic mass is 9.81. The second-order valence-corrected chi connectivity index (χ2v) is 12.5. The third kappa shape index (κ3) is 12.5. The summed E-state index contributed by atoms with van der Waals surface area (Å²) in [5.41, 5.74) is 21.7. The van der Waals surface area contributed by atoms with E-state index in [2.05, 4.69) is 103 Å². The molecule has 0 heteroatoms. The Kier molecular flexibility index (Phi) is 21.6. The molecule has 0 spiro atoms. The van der Waals surface area contributed by atoms with Gasteiger partial charge in [0, 0.05) is 0 Å². The van der Waals surface area contributed by atoms with Crippen LogP contribution in [0, 0.1) is 22.3 Å². The molecule has 0 bridgehead atoms. The molecule has 0 nitrogen and oxygen atoms in total. The molecule has 0 saturated heterocycles. The van der Waals surface area contributed by atoms with Gasteiger partial charge in [0.2, 0.25) is 0 Å². The molecule has 0 aromatic rings. The summed E-state index contributed by atoms with van der Waals surface area (Å²) in [6, 6.07) is 0. The Morgan fingerprint density at radius 1 is 0.548 bits per heavy atom. The highest BCUT2D eigenvalue weighted by molar-refractivity contribution is 5.51. The number of hydrogen-bond donors (Lipinski definition) is 0. The lowest BCUT2D eigenvalue weighted by Crippen LogP contribution is -2.05. The minimum atomic E-state index is 0. The van der Waals surface area contributed by atoms with Crippen molar-refractivity contribution in [1.29, 1.82) is 0 Å². The maximum atomic E-state index is 4.08. The van der Waals surface area contributed by atoms with E-state index in [9.17, 15) is 0 Å². The van der Waals surface area contributed by atoms with Gasteiger partial charge in [-0.1, -0.05) is 53.2 Å². The first-order valence-corrected chi connectivity index (χ1v) is 15.2. The van der Waals surface area contributed by atoms with Gasteiger partial charge in [-0.25, -0.2) is 0 Å². The summed E-state index contributed by atoms with van der Waals surface area (Å²) in [5.74, 6) is 0. The van der Waals surface area contributed by atoms with E-state index in [1.165, 1.54) is 130 Å². The fourth-order valence-corrected chi connectivity index (χ4v) is 5.90. The summed E-state index contributed by atoms with van der Waals surface area (Å²) >= 11 is 0. The van der Waals surface area contributed by atoms with Gasteiger partial charge in [0.05, 0.1) is 0 Å². The zero-order valence-electron chi connectivity index (χ0n) is 31.0. The molecule has 0 aromatic heterocycles. The van der Waals surface area contributed by atoms with Crippen molar-refractivity contribution < 1.29 is 0 Å². The second-order valence-electron chi connectivity index (χ2n) is 12.5. The third-order valence-corrected chi connectivity index (χ3v) is 9.13. The minimum Gasteiger partial charge on any atom is -0.358 e. The van der Waals surface area contributed by atoms with Crippen LogP contribution in [-0.4, -0.2) is 0 Å². The Bertz CT molecular complexity index is 1150. The smallest absolute Gasteiger partial charge is 0.0270 e. The SMILES string of the molecule is C=C(C)/C(C)=C1\CCCC(C(C)=C(C)C)=C1C.C=C(C)C1=C(C)C(=C(C)C)CCC1.C=C1CCCC(C)=C1C.[CH3-].[CH3-].[CH3-]. The van der Waals surface area contributed by atoms with Crippen molar-refractivity contribution in [3.05, 3.63) is 126 Å². The van der Waals surface area contributed by atoms with Crippen molar-refractivity contribution in [2.24, 2.45) is 0 Å². The Hall–Kier alpha value is -2.34. The van der Waals surface area contributed by atoms with E-state index in [1.807, 2.05) is 0 Å². The molecule has 0 aliphatic heterocycles. The van der Waals surface area contributed by atoms with Gasteiger partial charge in [-0.05, 0) is 191 Å². The number of hydrogen-bond acceptors (Lipinski definition) is 0. The molecule has 240 valence electrons. The quantitative estimate of drug-likeness (QED) is 0.295. The Balaban J connectivity index is -0.000000546. The maximum absolute atomic E-state index is 4.08. The highest BCUT2D eigenvalue weighted by Gasteiger charge is 2.18. The molecule has 0 heterocycles. The highest BCUT2D eigenvalue weighted by Crippen LogP contribution is 2.37. The fourth-order valence-electron chi connectivity index (χ4n) is 5.90. The van der Waals surface area contributed by atoms with Crippen molar-refractivity contribution in [3.63, 3.8) is 0 Å². The van der Waals surface area contributed by atoms with Crippen molar-refractivity contribution in [2.75, 3.05) is 0 Å². The lowest BCUT2D eigenvalue weighted by Gasteiger charge is -2.24. The molecular formula is C42H69-3. The van der Waals surface area contributed by atoms with Crippen LogP contribution in [0.3, 0.4) is 0 Å². The van der Waals surface area contributed by atoms with Crippen LogP contribution in [0.1, 0.15) is 141 Å². The van der Waals surface area contributed by atoms with Crippen molar-refractivity contribution in [1.82, 2.24) is 0 Å². The highest BCUT2D eigenvalue weighted by atomic mass is 14.2. The first kappa shape index (κ1) is 44.1. The van der Waals surface area contributed by atoms with Crippen LogP contribution in [0.4, 0.5) is 0 Å². The normalized spacial score (nSPS) is 17.7. The van der Waals surface area contributed by atoms with Crippen LogP contribution in [0.2, 0.25) is 0 Å². The first-order valence-electron chi connectivity index (χ1n) is 15.2. The molecule has 3 aliphatic rings. The molecule has 42 heavy (non-hydrogen) atoms. The van der Waals surface area contributed by atoms with Crippen LogP contribution in [0.5, 0.6) is 0 Å². The van der Waals surface area contributed by atoms with Crippen molar-refractivity contribution in [3.8, 4) is 0 Å². The van der Waals surface area contributed by atoms with Crippen LogP contribution in [-0.2, 0) is 0 Å². The molecule has 0 fully saturated rings. The van der Waals surface area contributed by atoms with Crippen LogP contribution >= 0.6 is 0 Å². The lowest BCUT2D eigenvalue weighted by molar-refractivity contribution is 0.759. The summed E-state index contributed by atoms with van der Waals surface area (Å²) in [7, 11) is 0. The third-order valence-electron chi connectivity index (χ3n) is 9.13. The summed E-state index contributed by atoms with van der Waals surface area (Å²) in [5, 5.41) is 0. The van der Waals surface area contributed by atoms with Gasteiger partial charge >= 0.3 is 0 Å². The van der Waals surface area contributed by atoms with Crippen molar-refractivity contribution >= 4 is 0 Å². The molecule has 0 aromatic carbocycles. The summed E-state index contributed by atoms with van der Waals surface area (Å²) in [6.07, 6.45) is 11.3. The standard InChI is InChI=1S/C17H26.C13H20.C9H14.3CH3/c1-11(2)13(5)16-9-8-10-17(15(16)7)14(6)12(3)4;1-9(2)12-7-6-8-13(10(3)4)11(12)5;1-7-5-4-6-8(2)9(7)3;;;/h1,8-10H2,2-7H3;1,6-8H2,2-5H3;1,4-6H2,2-3H3;3*1H3/q;;;3*-1/b16-13+;;;;;. The first-order chi connectivity index (χ1) is 18.1.